The minimum Gasteiger partial charge on any atom is -0.362 e. The van der Waals surface area contributed by atoms with E-state index in [0.717, 1.165) is 21.5 Å². The molecule has 0 bridgehead atoms. The van der Waals surface area contributed by atoms with Crippen LogP contribution in [0, 0.1) is 0 Å². The Balaban J connectivity index is 2.56. The number of halogens is 2. The lowest BCUT2D eigenvalue weighted by Gasteiger charge is -2.05. The van der Waals surface area contributed by atoms with Gasteiger partial charge in [-0.1, -0.05) is 17.7 Å². The van der Waals surface area contributed by atoms with Gasteiger partial charge < -0.3 is 4.18 Å². The van der Waals surface area contributed by atoms with Crippen LogP contribution in [0.2, 0.25) is 5.02 Å². The highest BCUT2D eigenvalue weighted by atomic mass is 79.9. The molecule has 0 saturated carbocycles. The van der Waals surface area contributed by atoms with Crippen molar-refractivity contribution in [3.8, 4) is 5.88 Å². The first-order valence-corrected chi connectivity index (χ1v) is 7.49. The third-order valence-electron chi connectivity index (χ3n) is 2.00. The maximum atomic E-state index is 11.0. The number of aromatic nitrogens is 1. The summed E-state index contributed by atoms with van der Waals surface area (Å²) in [7, 11) is -3.56. The van der Waals surface area contributed by atoms with Crippen LogP contribution in [0.5, 0.6) is 5.88 Å². The molecule has 17 heavy (non-hydrogen) atoms. The van der Waals surface area contributed by atoms with E-state index < -0.39 is 10.1 Å². The first kappa shape index (κ1) is 12.6. The van der Waals surface area contributed by atoms with E-state index in [1.807, 2.05) is 0 Å². The van der Waals surface area contributed by atoms with Gasteiger partial charge in [0.2, 0.25) is 5.88 Å². The molecule has 90 valence electrons. The average Bonchev–Trinajstić information content (AvgIpc) is 2.21. The minimum absolute atomic E-state index is 0.0363. The number of nitrogens with zero attached hydrogens (tertiary/aromatic N) is 1. The largest absolute Gasteiger partial charge is 0.362 e. The zero-order chi connectivity index (χ0) is 12.6. The van der Waals surface area contributed by atoms with Crippen LogP contribution in [0.25, 0.3) is 10.8 Å². The normalized spacial score (nSPS) is 11.7. The topological polar surface area (TPSA) is 56.3 Å². The van der Waals surface area contributed by atoms with Gasteiger partial charge in [-0.15, -0.1) is 0 Å². The lowest BCUT2D eigenvalue weighted by molar-refractivity contribution is 0.483. The molecule has 7 heteroatoms. The van der Waals surface area contributed by atoms with E-state index >= 15 is 0 Å². The van der Waals surface area contributed by atoms with Crippen LogP contribution < -0.4 is 4.18 Å². The Kier molecular flexibility index (Phi) is 3.29. The zero-order valence-corrected chi connectivity index (χ0v) is 11.8. The molecular formula is C10H7BrClNO3S. The molecule has 2 aromatic rings. The van der Waals surface area contributed by atoms with Gasteiger partial charge in [0.15, 0.2) is 0 Å². The van der Waals surface area contributed by atoms with Crippen LogP contribution >= 0.6 is 27.5 Å². The van der Waals surface area contributed by atoms with E-state index in [-0.39, 0.29) is 5.88 Å². The molecule has 0 aliphatic heterocycles. The highest BCUT2D eigenvalue weighted by Gasteiger charge is 2.09. The van der Waals surface area contributed by atoms with E-state index in [1.54, 1.807) is 12.1 Å². The first-order chi connectivity index (χ1) is 7.87. The van der Waals surface area contributed by atoms with Crippen molar-refractivity contribution < 1.29 is 12.6 Å². The molecule has 0 aliphatic carbocycles. The Hall–Kier alpha value is -0.850. The van der Waals surface area contributed by atoms with E-state index in [4.69, 9.17) is 15.8 Å². The minimum atomic E-state index is -3.56. The van der Waals surface area contributed by atoms with E-state index in [2.05, 4.69) is 20.9 Å². The summed E-state index contributed by atoms with van der Waals surface area (Å²) in [6.45, 7) is 0. The Bertz CT molecular complexity index is 687. The predicted octanol–water partition coefficient (Wildman–Crippen LogP) is 2.99. The summed E-state index contributed by atoms with van der Waals surface area (Å²) in [6, 6.07) is 5.01. The second kappa shape index (κ2) is 4.44. The Morgan fingerprint density at radius 3 is 2.76 bits per heavy atom. The number of benzene rings is 1. The molecule has 0 radical (unpaired) electrons. The number of fused-ring (bicyclic) bond motifs is 1. The maximum absolute atomic E-state index is 11.0. The van der Waals surface area contributed by atoms with Gasteiger partial charge in [0.05, 0.1) is 11.3 Å². The number of rotatable bonds is 2. The van der Waals surface area contributed by atoms with Gasteiger partial charge in [-0.3, -0.25) is 0 Å². The third kappa shape index (κ3) is 2.88. The zero-order valence-electron chi connectivity index (χ0n) is 8.65. The van der Waals surface area contributed by atoms with Gasteiger partial charge in [0, 0.05) is 22.1 Å². The fourth-order valence-corrected chi connectivity index (χ4v) is 2.37. The quantitative estimate of drug-likeness (QED) is 0.791. The molecule has 0 atom stereocenters. The molecule has 2 rings (SSSR count). The van der Waals surface area contributed by atoms with Crippen molar-refractivity contribution in [1.82, 2.24) is 4.98 Å². The highest BCUT2D eigenvalue weighted by Crippen LogP contribution is 2.31. The van der Waals surface area contributed by atoms with Crippen molar-refractivity contribution in [3.05, 3.63) is 33.9 Å². The SMILES string of the molecule is CS(=O)(=O)Oc1cc2ccc(Cl)c(Br)c2cn1. The predicted molar refractivity (Wildman–Crippen MR) is 69.9 cm³/mol. The van der Waals surface area contributed by atoms with Gasteiger partial charge in [-0.05, 0) is 27.4 Å². The van der Waals surface area contributed by atoms with Crippen molar-refractivity contribution in [2.24, 2.45) is 0 Å². The fourth-order valence-electron chi connectivity index (χ4n) is 1.34. The summed E-state index contributed by atoms with van der Waals surface area (Å²) in [5.74, 6) is 0.0363. The van der Waals surface area contributed by atoms with Gasteiger partial charge in [0.25, 0.3) is 0 Å². The number of hydrogen-bond acceptors (Lipinski definition) is 4. The first-order valence-electron chi connectivity index (χ1n) is 4.50. The molecule has 0 fully saturated rings. The standard InChI is InChI=1S/C10H7BrClNO3S/c1-17(14,15)16-9-4-6-2-3-8(12)10(11)7(6)5-13-9/h2-5H,1H3. The van der Waals surface area contributed by atoms with Crippen molar-refractivity contribution in [3.63, 3.8) is 0 Å². The van der Waals surface area contributed by atoms with Crippen molar-refractivity contribution in [2.75, 3.05) is 6.26 Å². The van der Waals surface area contributed by atoms with Gasteiger partial charge >= 0.3 is 10.1 Å². The van der Waals surface area contributed by atoms with Crippen molar-refractivity contribution in [2.45, 2.75) is 0 Å². The second-order valence-corrected chi connectivity index (χ2v) is 6.17. The lowest BCUT2D eigenvalue weighted by Crippen LogP contribution is -2.06. The summed E-state index contributed by atoms with van der Waals surface area (Å²) in [5.41, 5.74) is 0. The van der Waals surface area contributed by atoms with Crippen molar-refractivity contribution in [1.29, 1.82) is 0 Å². The summed E-state index contributed by atoms with van der Waals surface area (Å²) >= 11 is 9.27. The molecule has 0 saturated heterocycles. The molecule has 0 spiro atoms. The van der Waals surface area contributed by atoms with E-state index in [9.17, 15) is 8.42 Å². The molecular weight excluding hydrogens is 330 g/mol. The molecule has 0 unspecified atom stereocenters. The summed E-state index contributed by atoms with van der Waals surface area (Å²) < 4.78 is 27.3. The van der Waals surface area contributed by atoms with Crippen LogP contribution in [-0.2, 0) is 10.1 Å². The molecule has 1 heterocycles. The molecule has 1 aromatic heterocycles. The maximum Gasteiger partial charge on any atom is 0.307 e. The fraction of sp³-hybridized carbons (Fsp3) is 0.100. The molecule has 4 nitrogen and oxygen atoms in total. The van der Waals surface area contributed by atoms with E-state index in [0.29, 0.717) is 5.02 Å². The van der Waals surface area contributed by atoms with E-state index in [1.165, 1.54) is 12.3 Å². The second-order valence-electron chi connectivity index (χ2n) is 3.39. The number of pyridine rings is 1. The molecule has 0 aliphatic rings. The Morgan fingerprint density at radius 2 is 2.12 bits per heavy atom. The number of hydrogen-bond donors (Lipinski definition) is 0. The summed E-state index contributed by atoms with van der Waals surface area (Å²) in [6.07, 6.45) is 2.47. The van der Waals surface area contributed by atoms with Crippen LogP contribution in [0.3, 0.4) is 0 Å². The Morgan fingerprint density at radius 1 is 1.41 bits per heavy atom. The Labute approximate surface area is 112 Å². The smallest absolute Gasteiger partial charge is 0.307 e. The monoisotopic (exact) mass is 335 g/mol. The lowest BCUT2D eigenvalue weighted by atomic mass is 10.2. The van der Waals surface area contributed by atoms with Crippen LogP contribution in [0.4, 0.5) is 0 Å². The third-order valence-corrected chi connectivity index (χ3v) is 3.87. The summed E-state index contributed by atoms with van der Waals surface area (Å²) in [4.78, 5) is 3.90. The molecule has 0 N–H and O–H groups in total. The highest BCUT2D eigenvalue weighted by molar-refractivity contribution is 9.10. The van der Waals surface area contributed by atoms with Crippen LogP contribution in [-0.4, -0.2) is 19.7 Å². The average molecular weight is 337 g/mol. The van der Waals surface area contributed by atoms with Crippen molar-refractivity contribution >= 4 is 48.4 Å². The van der Waals surface area contributed by atoms with Gasteiger partial charge in [-0.2, -0.15) is 8.42 Å². The molecule has 0 amide bonds. The van der Waals surface area contributed by atoms with Crippen LogP contribution in [0.1, 0.15) is 0 Å². The van der Waals surface area contributed by atoms with Gasteiger partial charge in [-0.25, -0.2) is 4.98 Å². The molecule has 1 aromatic carbocycles. The van der Waals surface area contributed by atoms with Gasteiger partial charge in [0.1, 0.15) is 0 Å². The van der Waals surface area contributed by atoms with Crippen LogP contribution in [0.15, 0.2) is 28.9 Å². The summed E-state index contributed by atoms with van der Waals surface area (Å²) in [5, 5.41) is 2.14.